The summed E-state index contributed by atoms with van der Waals surface area (Å²) < 4.78 is 60.6. The zero-order chi connectivity index (χ0) is 15.8. The molecule has 0 atom stereocenters. The molecule has 0 amide bonds. The van der Waals surface area contributed by atoms with Gasteiger partial charge in [0.25, 0.3) is 0 Å². The summed E-state index contributed by atoms with van der Waals surface area (Å²) in [5, 5.41) is 0. The van der Waals surface area contributed by atoms with E-state index in [4.69, 9.17) is 0 Å². The smallest absolute Gasteiger partial charge is 0.322 e. The molecule has 0 unspecified atom stereocenters. The first-order valence-corrected chi connectivity index (χ1v) is 7.58. The Morgan fingerprint density at radius 3 is 2.10 bits per heavy atom. The number of sulfone groups is 1. The van der Waals surface area contributed by atoms with E-state index in [1.165, 1.54) is 24.3 Å². The zero-order valence-corrected chi connectivity index (χ0v) is 11.5. The summed E-state index contributed by atoms with van der Waals surface area (Å²) >= 11 is 0. The number of benzene rings is 1. The van der Waals surface area contributed by atoms with Crippen molar-refractivity contribution in [2.45, 2.75) is 11.1 Å². The van der Waals surface area contributed by atoms with Crippen LogP contribution in [0.4, 0.5) is 13.2 Å². The summed E-state index contributed by atoms with van der Waals surface area (Å²) in [6.45, 7) is 0. The lowest BCUT2D eigenvalue weighted by Gasteiger charge is -2.09. The average Bonchev–Trinajstić information content (AvgIpc) is 2.36. The quantitative estimate of drug-likeness (QED) is 0.925. The van der Waals surface area contributed by atoms with E-state index in [9.17, 15) is 26.4 Å². The minimum atomic E-state index is -4.63. The third kappa shape index (κ3) is 3.52. The Morgan fingerprint density at radius 1 is 1.05 bits per heavy atom. The highest BCUT2D eigenvalue weighted by Crippen LogP contribution is 2.30. The van der Waals surface area contributed by atoms with Crippen LogP contribution in [0.5, 0.6) is 0 Å². The number of hydrogen-bond acceptors (Lipinski definition) is 3. The topological polar surface area (TPSA) is 67.0 Å². The third-order valence-electron chi connectivity index (χ3n) is 2.77. The van der Waals surface area contributed by atoms with Crippen LogP contribution < -0.4 is 5.56 Å². The molecule has 0 saturated carbocycles. The van der Waals surface area contributed by atoms with Crippen LogP contribution in [0.1, 0.15) is 5.56 Å². The van der Waals surface area contributed by atoms with Gasteiger partial charge in [0.15, 0.2) is 9.84 Å². The standard InChI is InChI=1S/C13H10F3NO3S/c1-21(19,20)10-4-2-8(3-5-10)11-6-9(13(14,15)16)7-12(18)17-11/h2-7H,1H3,(H,17,18). The Kier molecular flexibility index (Phi) is 3.66. The number of pyridine rings is 1. The second-order valence-corrected chi connectivity index (χ2v) is 6.46. The summed E-state index contributed by atoms with van der Waals surface area (Å²) in [6, 6.07) is 6.47. The SMILES string of the molecule is CS(=O)(=O)c1ccc(-c2cc(C(F)(F)F)cc(=O)[nH]2)cc1. The lowest BCUT2D eigenvalue weighted by Crippen LogP contribution is -2.13. The number of aromatic amines is 1. The fourth-order valence-electron chi connectivity index (χ4n) is 1.74. The van der Waals surface area contributed by atoms with Gasteiger partial charge in [-0.25, -0.2) is 8.42 Å². The minimum Gasteiger partial charge on any atom is -0.322 e. The molecule has 0 aliphatic heterocycles. The number of H-pyrrole nitrogens is 1. The summed E-state index contributed by atoms with van der Waals surface area (Å²) in [7, 11) is -3.39. The van der Waals surface area contributed by atoms with E-state index in [0.29, 0.717) is 6.07 Å². The largest absolute Gasteiger partial charge is 0.416 e. The van der Waals surface area contributed by atoms with E-state index in [1.807, 2.05) is 0 Å². The molecule has 0 saturated heterocycles. The molecule has 0 aliphatic carbocycles. The number of rotatable bonds is 2. The molecule has 1 N–H and O–H groups in total. The number of alkyl halides is 3. The van der Waals surface area contributed by atoms with Gasteiger partial charge in [0.05, 0.1) is 10.5 Å². The molecule has 0 bridgehead atoms. The van der Waals surface area contributed by atoms with Crippen LogP contribution in [0.25, 0.3) is 11.3 Å². The summed E-state index contributed by atoms with van der Waals surface area (Å²) in [6.07, 6.45) is -3.61. The van der Waals surface area contributed by atoms with Gasteiger partial charge in [-0.05, 0) is 23.8 Å². The number of hydrogen-bond donors (Lipinski definition) is 1. The lowest BCUT2D eigenvalue weighted by molar-refractivity contribution is -0.137. The van der Waals surface area contributed by atoms with Crippen molar-refractivity contribution in [1.29, 1.82) is 0 Å². The molecule has 0 aliphatic rings. The van der Waals surface area contributed by atoms with Crippen LogP contribution >= 0.6 is 0 Å². The van der Waals surface area contributed by atoms with Crippen LogP contribution in [0.15, 0.2) is 46.1 Å². The molecule has 1 heterocycles. The van der Waals surface area contributed by atoms with Crippen molar-refractivity contribution in [2.75, 3.05) is 6.26 Å². The maximum atomic E-state index is 12.7. The van der Waals surface area contributed by atoms with Crippen molar-refractivity contribution < 1.29 is 21.6 Å². The fraction of sp³-hybridized carbons (Fsp3) is 0.154. The van der Waals surface area contributed by atoms with E-state index < -0.39 is 27.1 Å². The van der Waals surface area contributed by atoms with Crippen LogP contribution in [-0.2, 0) is 16.0 Å². The molecule has 8 heteroatoms. The van der Waals surface area contributed by atoms with E-state index in [0.717, 1.165) is 12.3 Å². The Balaban J connectivity index is 2.52. The summed E-state index contributed by atoms with van der Waals surface area (Å²) in [4.78, 5) is 13.6. The first-order valence-electron chi connectivity index (χ1n) is 5.69. The minimum absolute atomic E-state index is 0.0325. The van der Waals surface area contributed by atoms with Gasteiger partial charge in [0.2, 0.25) is 5.56 Å². The highest BCUT2D eigenvalue weighted by Gasteiger charge is 2.31. The maximum Gasteiger partial charge on any atom is 0.416 e. The predicted molar refractivity (Wildman–Crippen MR) is 70.6 cm³/mol. The lowest BCUT2D eigenvalue weighted by atomic mass is 10.1. The van der Waals surface area contributed by atoms with Crippen molar-refractivity contribution in [3.8, 4) is 11.3 Å². The number of aromatic nitrogens is 1. The Hall–Kier alpha value is -2.09. The highest BCUT2D eigenvalue weighted by atomic mass is 32.2. The molecule has 21 heavy (non-hydrogen) atoms. The van der Waals surface area contributed by atoms with Crippen LogP contribution in [-0.4, -0.2) is 19.7 Å². The van der Waals surface area contributed by atoms with Gasteiger partial charge in [-0.1, -0.05) is 12.1 Å². The second kappa shape index (κ2) is 5.03. The molecule has 0 spiro atoms. The molecule has 2 aromatic rings. The fourth-order valence-corrected chi connectivity index (χ4v) is 2.37. The number of nitrogens with one attached hydrogen (secondary N) is 1. The molecule has 0 fully saturated rings. The molecule has 1 aromatic carbocycles. The average molecular weight is 317 g/mol. The van der Waals surface area contributed by atoms with Crippen molar-refractivity contribution in [3.05, 3.63) is 52.3 Å². The van der Waals surface area contributed by atoms with E-state index >= 15 is 0 Å². The van der Waals surface area contributed by atoms with Crippen molar-refractivity contribution in [1.82, 2.24) is 4.98 Å². The molecular formula is C13H10F3NO3S. The van der Waals surface area contributed by atoms with E-state index in [2.05, 4.69) is 4.98 Å². The third-order valence-corrected chi connectivity index (χ3v) is 3.89. The van der Waals surface area contributed by atoms with Crippen molar-refractivity contribution in [2.24, 2.45) is 0 Å². The molecule has 4 nitrogen and oxygen atoms in total. The van der Waals surface area contributed by atoms with Crippen molar-refractivity contribution >= 4 is 9.84 Å². The highest BCUT2D eigenvalue weighted by molar-refractivity contribution is 7.90. The molecule has 0 radical (unpaired) electrons. The molecule has 112 valence electrons. The first-order chi connectivity index (χ1) is 9.57. The first kappa shape index (κ1) is 15.3. The van der Waals surface area contributed by atoms with Gasteiger partial charge in [-0.2, -0.15) is 13.2 Å². The molecule has 1 aromatic heterocycles. The van der Waals surface area contributed by atoms with Crippen molar-refractivity contribution in [3.63, 3.8) is 0 Å². The summed E-state index contributed by atoms with van der Waals surface area (Å²) in [5.74, 6) is 0. The Bertz CT molecular complexity index is 821. The van der Waals surface area contributed by atoms with Crippen LogP contribution in [0.3, 0.4) is 0 Å². The van der Waals surface area contributed by atoms with Crippen LogP contribution in [0.2, 0.25) is 0 Å². The second-order valence-electron chi connectivity index (χ2n) is 4.44. The van der Waals surface area contributed by atoms with Gasteiger partial charge in [0, 0.05) is 18.0 Å². The van der Waals surface area contributed by atoms with Gasteiger partial charge < -0.3 is 4.98 Å². The van der Waals surface area contributed by atoms with Gasteiger partial charge >= 0.3 is 6.18 Å². The monoisotopic (exact) mass is 317 g/mol. The van der Waals surface area contributed by atoms with Crippen LogP contribution in [0, 0.1) is 0 Å². The number of halogens is 3. The predicted octanol–water partition coefficient (Wildman–Crippen LogP) is 2.46. The molecular weight excluding hydrogens is 307 g/mol. The van der Waals surface area contributed by atoms with E-state index in [1.54, 1.807) is 0 Å². The Morgan fingerprint density at radius 2 is 1.62 bits per heavy atom. The normalized spacial score (nSPS) is 12.4. The van der Waals surface area contributed by atoms with E-state index in [-0.39, 0.29) is 16.2 Å². The van der Waals surface area contributed by atoms with Gasteiger partial charge in [0.1, 0.15) is 0 Å². The Labute approximate surface area is 118 Å². The van der Waals surface area contributed by atoms with Gasteiger partial charge in [-0.3, -0.25) is 4.79 Å². The maximum absolute atomic E-state index is 12.7. The van der Waals surface area contributed by atoms with Gasteiger partial charge in [-0.15, -0.1) is 0 Å². The summed E-state index contributed by atoms with van der Waals surface area (Å²) in [5.41, 5.74) is -1.69. The zero-order valence-electron chi connectivity index (χ0n) is 10.7. The molecule has 2 rings (SSSR count).